The SMILES string of the molecule is CC(C)(C[C@@H]1CNC[C@@H](F)C1)NC(=O)O. The van der Waals surface area contributed by atoms with Gasteiger partial charge in [0.1, 0.15) is 6.17 Å². The summed E-state index contributed by atoms with van der Waals surface area (Å²) >= 11 is 0. The van der Waals surface area contributed by atoms with Crippen LogP contribution in [-0.4, -0.2) is 36.0 Å². The van der Waals surface area contributed by atoms with E-state index >= 15 is 0 Å². The number of hydrogen-bond acceptors (Lipinski definition) is 2. The maximum absolute atomic E-state index is 13.1. The predicted molar refractivity (Wildman–Crippen MR) is 55.7 cm³/mol. The van der Waals surface area contributed by atoms with Gasteiger partial charge in [-0.25, -0.2) is 9.18 Å². The third-order valence-corrected chi connectivity index (χ3v) is 2.63. The summed E-state index contributed by atoms with van der Waals surface area (Å²) in [4.78, 5) is 10.5. The minimum atomic E-state index is -1.03. The third kappa shape index (κ3) is 4.46. The molecule has 88 valence electrons. The van der Waals surface area contributed by atoms with Gasteiger partial charge in [-0.2, -0.15) is 0 Å². The van der Waals surface area contributed by atoms with Crippen LogP contribution in [0, 0.1) is 5.92 Å². The zero-order chi connectivity index (χ0) is 11.5. The van der Waals surface area contributed by atoms with Crippen molar-refractivity contribution in [2.45, 2.75) is 38.4 Å². The standard InChI is InChI=1S/C10H19FN2O2/c1-10(2,13-9(14)15)4-7-3-8(11)6-12-5-7/h7-8,12-13H,3-6H2,1-2H3,(H,14,15)/t7-,8+/m1/s1. The van der Waals surface area contributed by atoms with E-state index in [9.17, 15) is 9.18 Å². The van der Waals surface area contributed by atoms with Crippen LogP contribution in [0.15, 0.2) is 0 Å². The molecular weight excluding hydrogens is 199 g/mol. The van der Waals surface area contributed by atoms with Gasteiger partial charge in [-0.15, -0.1) is 0 Å². The molecule has 5 heteroatoms. The van der Waals surface area contributed by atoms with E-state index in [-0.39, 0.29) is 5.92 Å². The zero-order valence-electron chi connectivity index (χ0n) is 9.22. The zero-order valence-corrected chi connectivity index (χ0v) is 9.22. The summed E-state index contributed by atoms with van der Waals surface area (Å²) in [6.07, 6.45) is -0.644. The van der Waals surface area contributed by atoms with Crippen molar-refractivity contribution in [1.82, 2.24) is 10.6 Å². The van der Waals surface area contributed by atoms with E-state index < -0.39 is 17.8 Å². The van der Waals surface area contributed by atoms with Gasteiger partial charge < -0.3 is 15.7 Å². The van der Waals surface area contributed by atoms with Crippen molar-refractivity contribution < 1.29 is 14.3 Å². The minimum absolute atomic E-state index is 0.204. The molecule has 15 heavy (non-hydrogen) atoms. The molecule has 4 nitrogen and oxygen atoms in total. The fourth-order valence-corrected chi connectivity index (χ4v) is 2.19. The van der Waals surface area contributed by atoms with E-state index in [1.807, 2.05) is 13.8 Å². The van der Waals surface area contributed by atoms with Crippen LogP contribution in [0.1, 0.15) is 26.7 Å². The first-order valence-electron chi connectivity index (χ1n) is 5.25. The van der Waals surface area contributed by atoms with Gasteiger partial charge in [0.2, 0.25) is 0 Å². The third-order valence-electron chi connectivity index (χ3n) is 2.63. The number of hydrogen-bond donors (Lipinski definition) is 3. The second-order valence-electron chi connectivity index (χ2n) is 4.88. The molecule has 0 saturated carbocycles. The van der Waals surface area contributed by atoms with E-state index in [1.165, 1.54) is 0 Å². The number of carbonyl (C=O) groups is 1. The van der Waals surface area contributed by atoms with Crippen LogP contribution in [-0.2, 0) is 0 Å². The lowest BCUT2D eigenvalue weighted by molar-refractivity contribution is 0.160. The molecule has 0 bridgehead atoms. The van der Waals surface area contributed by atoms with Gasteiger partial charge in [0.25, 0.3) is 0 Å². The summed E-state index contributed by atoms with van der Waals surface area (Å²) < 4.78 is 13.1. The fourth-order valence-electron chi connectivity index (χ4n) is 2.19. The number of rotatable bonds is 3. The molecule has 0 spiro atoms. The molecule has 1 rings (SSSR count). The van der Waals surface area contributed by atoms with Gasteiger partial charge in [-0.3, -0.25) is 0 Å². The Morgan fingerprint density at radius 1 is 1.60 bits per heavy atom. The Morgan fingerprint density at radius 2 is 2.27 bits per heavy atom. The summed E-state index contributed by atoms with van der Waals surface area (Å²) in [5.41, 5.74) is -0.491. The maximum atomic E-state index is 13.1. The smallest absolute Gasteiger partial charge is 0.405 e. The molecule has 1 amide bonds. The molecular formula is C10H19FN2O2. The Labute approximate surface area is 89.2 Å². The lowest BCUT2D eigenvalue weighted by Crippen LogP contribution is -2.47. The van der Waals surface area contributed by atoms with E-state index in [0.717, 1.165) is 6.54 Å². The Balaban J connectivity index is 2.41. The molecule has 2 atom stereocenters. The highest BCUT2D eigenvalue weighted by atomic mass is 19.1. The highest BCUT2D eigenvalue weighted by Crippen LogP contribution is 2.23. The summed E-state index contributed by atoms with van der Waals surface area (Å²) in [5, 5.41) is 14.1. The number of alkyl halides is 1. The minimum Gasteiger partial charge on any atom is -0.465 e. The van der Waals surface area contributed by atoms with Gasteiger partial charge in [-0.05, 0) is 39.2 Å². The largest absolute Gasteiger partial charge is 0.465 e. The van der Waals surface area contributed by atoms with E-state index in [0.29, 0.717) is 19.4 Å². The van der Waals surface area contributed by atoms with Crippen molar-refractivity contribution in [1.29, 1.82) is 0 Å². The average Bonchev–Trinajstić information content (AvgIpc) is 1.99. The second kappa shape index (κ2) is 4.79. The van der Waals surface area contributed by atoms with Crippen LogP contribution < -0.4 is 10.6 Å². The van der Waals surface area contributed by atoms with Crippen LogP contribution in [0.5, 0.6) is 0 Å². The summed E-state index contributed by atoms with van der Waals surface area (Å²) in [6.45, 7) is 4.83. The van der Waals surface area contributed by atoms with Gasteiger partial charge in [-0.1, -0.05) is 0 Å². The summed E-state index contributed by atoms with van der Waals surface area (Å²) in [5.74, 6) is 0.204. The predicted octanol–water partition coefficient (Wildman–Crippen LogP) is 1.37. The number of halogens is 1. The molecule has 0 aliphatic carbocycles. The molecule has 0 aromatic heterocycles. The van der Waals surface area contributed by atoms with Crippen molar-refractivity contribution >= 4 is 6.09 Å². The number of nitrogens with one attached hydrogen (secondary N) is 2. The summed E-state index contributed by atoms with van der Waals surface area (Å²) in [6, 6.07) is 0. The molecule has 1 aliphatic heterocycles. The van der Waals surface area contributed by atoms with E-state index in [2.05, 4.69) is 10.6 Å². The van der Waals surface area contributed by atoms with Crippen molar-refractivity contribution in [2.24, 2.45) is 5.92 Å². The van der Waals surface area contributed by atoms with Crippen molar-refractivity contribution in [3.05, 3.63) is 0 Å². The summed E-state index contributed by atoms with van der Waals surface area (Å²) in [7, 11) is 0. The van der Waals surface area contributed by atoms with Crippen LogP contribution in [0.3, 0.4) is 0 Å². The Hall–Kier alpha value is -0.840. The monoisotopic (exact) mass is 218 g/mol. The molecule has 0 radical (unpaired) electrons. The van der Waals surface area contributed by atoms with E-state index in [4.69, 9.17) is 5.11 Å². The second-order valence-corrected chi connectivity index (χ2v) is 4.88. The number of amides is 1. The molecule has 0 aromatic carbocycles. The van der Waals surface area contributed by atoms with Crippen LogP contribution in [0.4, 0.5) is 9.18 Å². The van der Waals surface area contributed by atoms with Gasteiger partial charge in [0.05, 0.1) is 0 Å². The van der Waals surface area contributed by atoms with Crippen molar-refractivity contribution in [3.8, 4) is 0 Å². The number of piperidine rings is 1. The lowest BCUT2D eigenvalue weighted by atomic mass is 9.85. The number of carboxylic acid groups (broad SMARTS) is 1. The Morgan fingerprint density at radius 3 is 2.80 bits per heavy atom. The maximum Gasteiger partial charge on any atom is 0.405 e. The van der Waals surface area contributed by atoms with Gasteiger partial charge in [0.15, 0.2) is 0 Å². The van der Waals surface area contributed by atoms with Crippen LogP contribution in [0.25, 0.3) is 0 Å². The first-order valence-corrected chi connectivity index (χ1v) is 5.25. The van der Waals surface area contributed by atoms with Crippen molar-refractivity contribution in [2.75, 3.05) is 13.1 Å². The fraction of sp³-hybridized carbons (Fsp3) is 0.900. The first kappa shape index (κ1) is 12.2. The lowest BCUT2D eigenvalue weighted by Gasteiger charge is -2.33. The molecule has 0 aromatic rings. The molecule has 1 heterocycles. The van der Waals surface area contributed by atoms with E-state index in [1.54, 1.807) is 0 Å². The topological polar surface area (TPSA) is 61.4 Å². The molecule has 1 aliphatic rings. The molecule has 3 N–H and O–H groups in total. The first-order chi connectivity index (χ1) is 6.89. The molecule has 1 fully saturated rings. The van der Waals surface area contributed by atoms with Crippen LogP contribution >= 0.6 is 0 Å². The van der Waals surface area contributed by atoms with Gasteiger partial charge >= 0.3 is 6.09 Å². The molecule has 1 saturated heterocycles. The van der Waals surface area contributed by atoms with Crippen LogP contribution in [0.2, 0.25) is 0 Å². The molecule has 0 unspecified atom stereocenters. The Bertz CT molecular complexity index is 233. The average molecular weight is 218 g/mol. The highest BCUT2D eigenvalue weighted by molar-refractivity contribution is 5.65. The quantitative estimate of drug-likeness (QED) is 0.670. The Kier molecular flexibility index (Phi) is 3.90. The van der Waals surface area contributed by atoms with Crippen molar-refractivity contribution in [3.63, 3.8) is 0 Å². The highest BCUT2D eigenvalue weighted by Gasteiger charge is 2.28. The normalized spacial score (nSPS) is 27.4. The van der Waals surface area contributed by atoms with Gasteiger partial charge in [0, 0.05) is 12.1 Å².